The lowest BCUT2D eigenvalue weighted by molar-refractivity contribution is -0.175. The number of hydrogen-bond donors (Lipinski definition) is 2. The number of nitrogens with one attached hydrogen (secondary N) is 1. The monoisotopic (exact) mass is 278 g/mol. The average molecular weight is 278 g/mol. The summed E-state index contributed by atoms with van der Waals surface area (Å²) < 4.78 is 5.24. The number of anilines is 1. The maximum absolute atomic E-state index is 11.9. The number of benzene rings is 1. The van der Waals surface area contributed by atoms with Crippen LogP contribution < -0.4 is 5.32 Å². The minimum Gasteiger partial charge on any atom is -0.477 e. The van der Waals surface area contributed by atoms with E-state index in [9.17, 15) is 14.7 Å². The zero-order valence-corrected chi connectivity index (χ0v) is 11.3. The molecule has 6 nitrogen and oxygen atoms in total. The lowest BCUT2D eigenvalue weighted by Gasteiger charge is -2.32. The predicted octanol–water partition coefficient (Wildman–Crippen LogP) is 2.13. The van der Waals surface area contributed by atoms with Gasteiger partial charge in [0.2, 0.25) is 0 Å². The Morgan fingerprint density at radius 1 is 1.40 bits per heavy atom. The van der Waals surface area contributed by atoms with Gasteiger partial charge in [-0.25, -0.2) is 9.59 Å². The summed E-state index contributed by atoms with van der Waals surface area (Å²) in [6, 6.07) is 8.79. The first-order valence-corrected chi connectivity index (χ1v) is 6.62. The van der Waals surface area contributed by atoms with Gasteiger partial charge in [-0.05, 0) is 25.1 Å². The van der Waals surface area contributed by atoms with Crippen LogP contribution in [0.4, 0.5) is 10.5 Å². The number of carbonyl (C=O) groups excluding carboxylic acids is 1. The number of likely N-dealkylation sites (tertiary alicyclic amines) is 1. The number of para-hydroxylation sites is 1. The van der Waals surface area contributed by atoms with Crippen LogP contribution in [0.3, 0.4) is 0 Å². The van der Waals surface area contributed by atoms with Crippen molar-refractivity contribution in [2.24, 2.45) is 0 Å². The van der Waals surface area contributed by atoms with Crippen LogP contribution >= 0.6 is 0 Å². The van der Waals surface area contributed by atoms with Crippen LogP contribution in [0.25, 0.3) is 0 Å². The number of aliphatic carboxylic acids is 1. The van der Waals surface area contributed by atoms with Gasteiger partial charge in [0.05, 0.1) is 0 Å². The number of carbonyl (C=O) groups is 2. The molecule has 1 aliphatic heterocycles. The van der Waals surface area contributed by atoms with Gasteiger partial charge in [-0.15, -0.1) is 0 Å². The first kappa shape index (κ1) is 14.3. The molecule has 1 fully saturated rings. The molecule has 1 aliphatic rings. The van der Waals surface area contributed by atoms with Crippen LogP contribution in [-0.2, 0) is 9.53 Å². The largest absolute Gasteiger partial charge is 0.477 e. The van der Waals surface area contributed by atoms with Crippen LogP contribution in [0.2, 0.25) is 0 Å². The zero-order valence-electron chi connectivity index (χ0n) is 11.3. The molecule has 0 aliphatic carbocycles. The van der Waals surface area contributed by atoms with E-state index in [4.69, 9.17) is 4.74 Å². The van der Waals surface area contributed by atoms with Crippen molar-refractivity contribution < 1.29 is 19.4 Å². The molecule has 1 aromatic rings. The molecule has 1 atom stereocenters. The molecule has 0 radical (unpaired) electrons. The summed E-state index contributed by atoms with van der Waals surface area (Å²) in [5.41, 5.74) is -0.979. The average Bonchev–Trinajstić information content (AvgIpc) is 2.83. The first-order valence-electron chi connectivity index (χ1n) is 6.62. The van der Waals surface area contributed by atoms with Crippen LogP contribution in [0, 0.1) is 0 Å². The molecule has 108 valence electrons. The van der Waals surface area contributed by atoms with Crippen molar-refractivity contribution in [2.45, 2.75) is 25.5 Å². The number of ether oxygens (including phenoxy) is 1. The Bertz CT molecular complexity index is 491. The SMILES string of the molecule is CCN1CCC[C@@]1(OC(=O)Nc1ccccc1)C(=O)O. The Kier molecular flexibility index (Phi) is 4.24. The second-order valence-corrected chi connectivity index (χ2v) is 4.65. The lowest BCUT2D eigenvalue weighted by Crippen LogP contribution is -2.54. The summed E-state index contributed by atoms with van der Waals surface area (Å²) >= 11 is 0. The van der Waals surface area contributed by atoms with Gasteiger partial charge < -0.3 is 9.84 Å². The summed E-state index contributed by atoms with van der Waals surface area (Å²) in [5, 5.41) is 12.0. The molecular weight excluding hydrogens is 260 g/mol. The van der Waals surface area contributed by atoms with Gasteiger partial charge in [0.1, 0.15) is 0 Å². The van der Waals surface area contributed by atoms with Crippen LogP contribution in [0.5, 0.6) is 0 Å². The number of nitrogens with zero attached hydrogens (tertiary/aromatic N) is 1. The molecule has 1 aromatic carbocycles. The van der Waals surface area contributed by atoms with Crippen LogP contribution in [0.15, 0.2) is 30.3 Å². The number of hydrogen-bond acceptors (Lipinski definition) is 4. The fourth-order valence-corrected chi connectivity index (χ4v) is 2.48. The van der Waals surface area contributed by atoms with E-state index in [0.717, 1.165) is 0 Å². The Hall–Kier alpha value is -2.08. The number of rotatable bonds is 4. The molecular formula is C14H18N2O4. The van der Waals surface area contributed by atoms with E-state index >= 15 is 0 Å². The highest BCUT2D eigenvalue weighted by Crippen LogP contribution is 2.31. The first-order chi connectivity index (χ1) is 9.58. The van der Waals surface area contributed by atoms with Crippen LogP contribution in [-0.4, -0.2) is 40.9 Å². The molecule has 2 rings (SSSR count). The van der Waals surface area contributed by atoms with Crippen molar-refractivity contribution in [2.75, 3.05) is 18.4 Å². The van der Waals surface area contributed by atoms with E-state index in [2.05, 4.69) is 5.32 Å². The van der Waals surface area contributed by atoms with E-state index in [1.54, 1.807) is 29.2 Å². The molecule has 1 saturated heterocycles. The van der Waals surface area contributed by atoms with Crippen molar-refractivity contribution in [3.8, 4) is 0 Å². The fourth-order valence-electron chi connectivity index (χ4n) is 2.48. The maximum Gasteiger partial charge on any atom is 0.413 e. The van der Waals surface area contributed by atoms with Crippen molar-refractivity contribution in [3.05, 3.63) is 30.3 Å². The van der Waals surface area contributed by atoms with Crippen molar-refractivity contribution in [1.29, 1.82) is 0 Å². The smallest absolute Gasteiger partial charge is 0.413 e. The highest BCUT2D eigenvalue weighted by molar-refractivity contribution is 5.88. The molecule has 20 heavy (non-hydrogen) atoms. The molecule has 0 saturated carbocycles. The molecule has 0 spiro atoms. The normalized spacial score (nSPS) is 22.4. The van der Waals surface area contributed by atoms with Gasteiger partial charge in [0.15, 0.2) is 0 Å². The second-order valence-electron chi connectivity index (χ2n) is 4.65. The Morgan fingerprint density at radius 3 is 2.70 bits per heavy atom. The molecule has 0 aromatic heterocycles. The third-order valence-electron chi connectivity index (χ3n) is 3.45. The number of carboxylic acids is 1. The minimum atomic E-state index is -1.55. The van der Waals surface area contributed by atoms with Gasteiger partial charge in [0, 0.05) is 18.7 Å². The van der Waals surface area contributed by atoms with Gasteiger partial charge in [0.25, 0.3) is 5.72 Å². The summed E-state index contributed by atoms with van der Waals surface area (Å²) in [6.45, 7) is 2.98. The van der Waals surface area contributed by atoms with Crippen molar-refractivity contribution >= 4 is 17.7 Å². The summed E-state index contributed by atoms with van der Waals surface area (Å²) in [4.78, 5) is 25.1. The van der Waals surface area contributed by atoms with Gasteiger partial charge in [-0.2, -0.15) is 0 Å². The third kappa shape index (κ3) is 2.75. The number of likely N-dealkylation sites (N-methyl/N-ethyl adjacent to an activating group) is 1. The van der Waals surface area contributed by atoms with Crippen molar-refractivity contribution in [3.63, 3.8) is 0 Å². The fraction of sp³-hybridized carbons (Fsp3) is 0.429. The van der Waals surface area contributed by atoms with E-state index < -0.39 is 17.8 Å². The zero-order chi connectivity index (χ0) is 14.6. The summed E-state index contributed by atoms with van der Waals surface area (Å²) in [5.74, 6) is -1.12. The third-order valence-corrected chi connectivity index (χ3v) is 3.45. The Labute approximate surface area is 117 Å². The van der Waals surface area contributed by atoms with E-state index in [1.807, 2.05) is 13.0 Å². The molecule has 0 unspecified atom stereocenters. The summed E-state index contributed by atoms with van der Waals surface area (Å²) in [6.07, 6.45) is 0.246. The van der Waals surface area contributed by atoms with Gasteiger partial charge >= 0.3 is 12.1 Å². The number of carboxylic acid groups (broad SMARTS) is 1. The molecule has 0 bridgehead atoms. The summed E-state index contributed by atoms with van der Waals surface area (Å²) in [7, 11) is 0. The van der Waals surface area contributed by atoms with Gasteiger partial charge in [-0.3, -0.25) is 10.2 Å². The van der Waals surface area contributed by atoms with E-state index in [-0.39, 0.29) is 0 Å². The molecule has 1 heterocycles. The van der Waals surface area contributed by atoms with Crippen LogP contribution in [0.1, 0.15) is 19.8 Å². The minimum absolute atomic E-state index is 0.304. The standard InChI is InChI=1S/C14H18N2O4/c1-2-16-10-6-9-14(16,12(17)18)20-13(19)15-11-7-4-3-5-8-11/h3-5,7-8H,2,6,9-10H2,1H3,(H,15,19)(H,17,18)/t14-/m1/s1. The topological polar surface area (TPSA) is 78.9 Å². The Morgan fingerprint density at radius 2 is 2.10 bits per heavy atom. The number of amides is 1. The molecule has 1 amide bonds. The quantitative estimate of drug-likeness (QED) is 0.882. The Balaban J connectivity index is 2.09. The van der Waals surface area contributed by atoms with E-state index in [1.165, 1.54) is 0 Å². The molecule has 2 N–H and O–H groups in total. The van der Waals surface area contributed by atoms with Gasteiger partial charge in [-0.1, -0.05) is 25.1 Å². The molecule has 6 heteroatoms. The second kappa shape index (κ2) is 5.92. The van der Waals surface area contributed by atoms with Crippen molar-refractivity contribution in [1.82, 2.24) is 4.90 Å². The maximum atomic E-state index is 11.9. The highest BCUT2D eigenvalue weighted by atomic mass is 16.6. The predicted molar refractivity (Wildman–Crippen MR) is 73.4 cm³/mol. The van der Waals surface area contributed by atoms with E-state index in [0.29, 0.717) is 31.6 Å². The highest BCUT2D eigenvalue weighted by Gasteiger charge is 2.51. The lowest BCUT2D eigenvalue weighted by atomic mass is 10.1.